The van der Waals surface area contributed by atoms with Crippen molar-refractivity contribution in [2.75, 3.05) is 32.8 Å². The van der Waals surface area contributed by atoms with E-state index in [1.54, 1.807) is 25.1 Å². The van der Waals surface area contributed by atoms with E-state index >= 15 is 0 Å². The van der Waals surface area contributed by atoms with E-state index in [1.165, 1.54) is 0 Å². The molecule has 1 aliphatic rings. The number of hydrogen-bond donors (Lipinski definition) is 1. The maximum atomic E-state index is 12.3. The van der Waals surface area contributed by atoms with E-state index in [0.717, 1.165) is 31.7 Å². The van der Waals surface area contributed by atoms with Crippen molar-refractivity contribution in [3.63, 3.8) is 0 Å². The third-order valence-electron chi connectivity index (χ3n) is 3.76. The number of alkyl halides is 3. The van der Waals surface area contributed by atoms with Gasteiger partial charge >= 0.3 is 6.18 Å². The van der Waals surface area contributed by atoms with Crippen LogP contribution in [0.15, 0.2) is 18.2 Å². The van der Waals surface area contributed by atoms with Gasteiger partial charge in [-0.2, -0.15) is 13.2 Å². The smallest absolute Gasteiger partial charge is 0.422 e. The third-order valence-corrected chi connectivity index (χ3v) is 3.76. The summed E-state index contributed by atoms with van der Waals surface area (Å²) in [4.78, 5) is 2.32. The first-order valence-electron chi connectivity index (χ1n) is 8.11. The molecule has 0 bridgehead atoms. The van der Waals surface area contributed by atoms with Gasteiger partial charge in [0.25, 0.3) is 0 Å². The van der Waals surface area contributed by atoms with Gasteiger partial charge in [-0.05, 0) is 38.5 Å². The van der Waals surface area contributed by atoms with Crippen molar-refractivity contribution in [2.24, 2.45) is 0 Å². The number of nitrogens with zero attached hydrogens (tertiary/aromatic N) is 1. The van der Waals surface area contributed by atoms with E-state index in [2.05, 4.69) is 24.1 Å². The van der Waals surface area contributed by atoms with Crippen molar-refractivity contribution in [1.29, 1.82) is 0 Å². The van der Waals surface area contributed by atoms with Crippen molar-refractivity contribution in [1.82, 2.24) is 10.2 Å². The topological polar surface area (TPSA) is 33.7 Å². The maximum absolute atomic E-state index is 12.3. The molecule has 0 aliphatic carbocycles. The molecule has 0 atom stereocenters. The Labute approximate surface area is 140 Å². The predicted octanol–water partition coefficient (Wildman–Crippen LogP) is 3.21. The van der Waals surface area contributed by atoms with Crippen LogP contribution in [0.2, 0.25) is 0 Å². The molecule has 1 aromatic carbocycles. The number of rotatable bonds is 6. The highest BCUT2D eigenvalue weighted by molar-refractivity contribution is 5.43. The predicted molar refractivity (Wildman–Crippen MR) is 86.5 cm³/mol. The van der Waals surface area contributed by atoms with Crippen LogP contribution in [0.25, 0.3) is 0 Å². The normalized spacial score (nSPS) is 18.4. The molecule has 4 nitrogen and oxygen atoms in total. The van der Waals surface area contributed by atoms with Crippen LogP contribution in [0.1, 0.15) is 26.3 Å². The lowest BCUT2D eigenvalue weighted by atomic mass is 10.0. The summed E-state index contributed by atoms with van der Waals surface area (Å²) in [6.45, 7) is 8.62. The summed E-state index contributed by atoms with van der Waals surface area (Å²) in [7, 11) is 0. The zero-order chi connectivity index (χ0) is 17.8. The molecule has 136 valence electrons. The van der Waals surface area contributed by atoms with Crippen LogP contribution >= 0.6 is 0 Å². The Balaban J connectivity index is 2.07. The minimum Gasteiger partial charge on any atom is -0.490 e. The van der Waals surface area contributed by atoms with Crippen molar-refractivity contribution in [2.45, 2.75) is 39.0 Å². The van der Waals surface area contributed by atoms with Gasteiger partial charge in [0.1, 0.15) is 0 Å². The van der Waals surface area contributed by atoms with E-state index in [9.17, 15) is 13.2 Å². The number of hydrogen-bond acceptors (Lipinski definition) is 4. The van der Waals surface area contributed by atoms with Crippen LogP contribution in [0.3, 0.4) is 0 Å². The molecule has 2 rings (SSSR count). The fourth-order valence-corrected chi connectivity index (χ4v) is 2.84. The molecule has 0 aromatic heterocycles. The Morgan fingerprint density at radius 3 is 2.58 bits per heavy atom. The Morgan fingerprint density at radius 1 is 1.21 bits per heavy atom. The fraction of sp³-hybridized carbons (Fsp3) is 0.647. The van der Waals surface area contributed by atoms with Gasteiger partial charge in [-0.3, -0.25) is 4.90 Å². The molecule has 24 heavy (non-hydrogen) atoms. The molecule has 0 spiro atoms. The van der Waals surface area contributed by atoms with Crippen molar-refractivity contribution < 1.29 is 22.6 Å². The summed E-state index contributed by atoms with van der Waals surface area (Å²) in [5.41, 5.74) is 1.05. The van der Waals surface area contributed by atoms with Crippen molar-refractivity contribution in [3.05, 3.63) is 23.8 Å². The third kappa shape index (κ3) is 5.87. The SMILES string of the molecule is CCOc1cc(CN2CCNC(C)(C)C2)ccc1OCC(F)(F)F. The van der Waals surface area contributed by atoms with E-state index < -0.39 is 12.8 Å². The second-order valence-electron chi connectivity index (χ2n) is 6.64. The van der Waals surface area contributed by atoms with Crippen LogP contribution in [-0.4, -0.2) is 49.5 Å². The second kappa shape index (κ2) is 7.61. The Kier molecular flexibility index (Phi) is 5.98. The van der Waals surface area contributed by atoms with Crippen molar-refractivity contribution in [3.8, 4) is 11.5 Å². The van der Waals surface area contributed by atoms with Crippen LogP contribution < -0.4 is 14.8 Å². The first-order valence-corrected chi connectivity index (χ1v) is 8.11. The number of nitrogens with one attached hydrogen (secondary N) is 1. The van der Waals surface area contributed by atoms with Gasteiger partial charge in [0.15, 0.2) is 18.1 Å². The second-order valence-corrected chi connectivity index (χ2v) is 6.64. The molecule has 1 aliphatic heterocycles. The van der Waals surface area contributed by atoms with E-state index in [0.29, 0.717) is 12.4 Å². The summed E-state index contributed by atoms with van der Waals surface area (Å²) in [5, 5.41) is 3.45. The lowest BCUT2D eigenvalue weighted by Crippen LogP contribution is -2.56. The summed E-state index contributed by atoms with van der Waals surface area (Å²) in [6, 6.07) is 5.12. The van der Waals surface area contributed by atoms with Gasteiger partial charge < -0.3 is 14.8 Å². The molecule has 1 fully saturated rings. The first-order chi connectivity index (χ1) is 11.2. The van der Waals surface area contributed by atoms with Gasteiger partial charge in [-0.1, -0.05) is 6.07 Å². The van der Waals surface area contributed by atoms with Crippen LogP contribution in [0.4, 0.5) is 13.2 Å². The molecule has 0 unspecified atom stereocenters. The molecule has 1 heterocycles. The van der Waals surface area contributed by atoms with Gasteiger partial charge in [0.05, 0.1) is 6.61 Å². The highest BCUT2D eigenvalue weighted by Crippen LogP contribution is 2.31. The largest absolute Gasteiger partial charge is 0.490 e. The number of benzene rings is 1. The van der Waals surface area contributed by atoms with Gasteiger partial charge in [-0.15, -0.1) is 0 Å². The summed E-state index contributed by atoms with van der Waals surface area (Å²) in [5.74, 6) is 0.479. The quantitative estimate of drug-likeness (QED) is 0.858. The fourth-order valence-electron chi connectivity index (χ4n) is 2.84. The number of halogens is 3. The Morgan fingerprint density at radius 2 is 1.96 bits per heavy atom. The van der Waals surface area contributed by atoms with Crippen LogP contribution in [-0.2, 0) is 6.54 Å². The standard InChI is InChI=1S/C17H25F3N2O2/c1-4-23-15-9-13(5-6-14(15)24-12-17(18,19)20)10-22-8-7-21-16(2,3)11-22/h5-6,9,21H,4,7-8,10-12H2,1-3H3. The maximum Gasteiger partial charge on any atom is 0.422 e. The minimum absolute atomic E-state index is 0.0523. The zero-order valence-corrected chi connectivity index (χ0v) is 14.4. The lowest BCUT2D eigenvalue weighted by Gasteiger charge is -2.39. The molecule has 1 N–H and O–H groups in total. The molecule has 1 aromatic rings. The zero-order valence-electron chi connectivity index (χ0n) is 14.4. The molecular formula is C17H25F3N2O2. The minimum atomic E-state index is -4.37. The van der Waals surface area contributed by atoms with Gasteiger partial charge in [0, 0.05) is 31.7 Å². The van der Waals surface area contributed by atoms with Gasteiger partial charge in [0.2, 0.25) is 0 Å². The highest BCUT2D eigenvalue weighted by atomic mass is 19.4. The highest BCUT2D eigenvalue weighted by Gasteiger charge is 2.29. The summed E-state index contributed by atoms with van der Waals surface area (Å²) >= 11 is 0. The van der Waals surface area contributed by atoms with Crippen LogP contribution in [0.5, 0.6) is 11.5 Å². The summed E-state index contributed by atoms with van der Waals surface area (Å²) < 4.78 is 47.3. The van der Waals surface area contributed by atoms with E-state index in [4.69, 9.17) is 9.47 Å². The molecule has 0 saturated carbocycles. The average molecular weight is 346 g/mol. The molecule has 0 amide bonds. The number of ether oxygens (including phenoxy) is 2. The molecule has 1 saturated heterocycles. The Hall–Kier alpha value is -1.47. The summed E-state index contributed by atoms with van der Waals surface area (Å²) in [6.07, 6.45) is -4.37. The van der Waals surface area contributed by atoms with Crippen molar-refractivity contribution >= 4 is 0 Å². The van der Waals surface area contributed by atoms with Gasteiger partial charge in [-0.25, -0.2) is 0 Å². The van der Waals surface area contributed by atoms with Crippen LogP contribution in [0, 0.1) is 0 Å². The molecule has 0 radical (unpaired) electrons. The Bertz CT molecular complexity index is 547. The monoisotopic (exact) mass is 346 g/mol. The lowest BCUT2D eigenvalue weighted by molar-refractivity contribution is -0.153. The number of piperazine rings is 1. The first kappa shape index (κ1) is 18.9. The molecular weight excluding hydrogens is 321 g/mol. The van der Waals surface area contributed by atoms with E-state index in [1.807, 2.05) is 0 Å². The average Bonchev–Trinajstić information content (AvgIpc) is 2.45. The molecule has 7 heteroatoms. The van der Waals surface area contributed by atoms with E-state index in [-0.39, 0.29) is 11.3 Å².